The first-order valence-electron chi connectivity index (χ1n) is 28.9. The highest BCUT2D eigenvalue weighted by atomic mass is 16.3. The van der Waals surface area contributed by atoms with Gasteiger partial charge in [0, 0.05) is 20.3 Å². The summed E-state index contributed by atoms with van der Waals surface area (Å²) in [5.41, 5.74) is -11.3. The zero-order valence-corrected chi connectivity index (χ0v) is 24.4. The zero-order valence-electron chi connectivity index (χ0n) is 53.4. The third-order valence-corrected chi connectivity index (χ3v) is 8.45. The Hall–Kier alpha value is -5.92. The molecule has 48 heavy (non-hydrogen) atoms. The molecule has 1 atom stereocenters. The van der Waals surface area contributed by atoms with Crippen LogP contribution in [0.4, 0.5) is 0 Å². The quantitative estimate of drug-likeness (QED) is 0.175. The van der Waals surface area contributed by atoms with Crippen LogP contribution in [0.15, 0.2) is 162 Å². The SMILES string of the molecule is [2H]c1c([2H])c([2H])c(-c2c([2H])c([2H])c3c(c2[2H])C(C)(C([2H])([2H])[2H])c2c([2H])c(-c4c5c([2H])c([2H])c([2H])c([2H])c5c(-c5c([2H])c([2H])c([2H])c6oc7c([2H])c([2H])c([2H])c([2H])c7c56)c5c([2H])c([2H])c([2H])c([2H])c45)c([2H])c([2H])c2-3)c([2H])c1[2H]. The highest BCUT2D eigenvalue weighted by Gasteiger charge is 2.36. The molecule has 1 aliphatic rings. The molecule has 1 nitrogen and oxygen atoms in total. The molecule has 0 N–H and O–H groups in total. The highest BCUT2D eigenvalue weighted by molar-refractivity contribution is 6.25. The third kappa shape index (κ3) is 3.79. The lowest BCUT2D eigenvalue weighted by Gasteiger charge is -2.23. The van der Waals surface area contributed by atoms with E-state index in [-0.39, 0.29) is 0 Å². The molecule has 0 radical (unpaired) electrons. The molecule has 0 fully saturated rings. The minimum absolute atomic E-state index is 0.494. The molecule has 8 aromatic carbocycles. The summed E-state index contributed by atoms with van der Waals surface area (Å²) >= 11 is 0. The Morgan fingerprint density at radius 3 is 1.67 bits per heavy atom. The second-order valence-corrected chi connectivity index (χ2v) is 11.1. The van der Waals surface area contributed by atoms with Gasteiger partial charge in [0.25, 0.3) is 0 Å². The minimum atomic E-state index is -3.46. The standard InChI is InChI=1S/C47H32O/c1-47(2)40-27-30(29-13-4-3-5-14-29)23-25-32(40)33-26-24-31(28-41(33)47)44-34-15-6-8-17-36(34)45(37-18-9-7-16-35(37)44)39-20-12-22-43-46(39)38-19-10-11-21-42(38)48-43/h3-28H,1-2H3/i1D3,3D,4D,5D,6D,7D,8D,9D,10D,11D,12D,13D,14D,15D,16D,17D,18D,19D,20D,21D,22D,23D,24D,25D,26D,27D,28D. The summed E-state index contributed by atoms with van der Waals surface area (Å²) in [6.07, 6.45) is 0. The van der Waals surface area contributed by atoms with Crippen molar-refractivity contribution in [2.24, 2.45) is 0 Å². The lowest BCUT2D eigenvalue weighted by atomic mass is 9.80. The summed E-state index contributed by atoms with van der Waals surface area (Å²) in [5, 5.41) is -4.06. The van der Waals surface area contributed by atoms with Crippen LogP contribution in [-0.4, -0.2) is 0 Å². The van der Waals surface area contributed by atoms with Gasteiger partial charge in [0.15, 0.2) is 0 Å². The highest BCUT2D eigenvalue weighted by Crippen LogP contribution is 2.52. The van der Waals surface area contributed by atoms with Crippen LogP contribution in [0.1, 0.15) is 64.7 Å². The van der Waals surface area contributed by atoms with E-state index in [0.717, 1.165) is 6.92 Å². The van der Waals surface area contributed by atoms with Gasteiger partial charge in [-0.2, -0.15) is 0 Å². The van der Waals surface area contributed by atoms with E-state index in [9.17, 15) is 13.7 Å². The first-order valence-corrected chi connectivity index (χ1v) is 14.4. The van der Waals surface area contributed by atoms with Crippen LogP contribution in [0.25, 0.3) is 88.0 Å². The van der Waals surface area contributed by atoms with Crippen molar-refractivity contribution in [1.82, 2.24) is 0 Å². The summed E-state index contributed by atoms with van der Waals surface area (Å²) < 4.78 is 269. The monoisotopic (exact) mass is 641 g/mol. The van der Waals surface area contributed by atoms with Crippen molar-refractivity contribution >= 4 is 43.5 Å². The molecule has 1 aromatic heterocycles. The Morgan fingerprint density at radius 1 is 0.458 bits per heavy atom. The molecule has 0 saturated carbocycles. The second-order valence-electron chi connectivity index (χ2n) is 11.1. The van der Waals surface area contributed by atoms with E-state index in [2.05, 4.69) is 0 Å². The van der Waals surface area contributed by atoms with Crippen molar-refractivity contribution in [2.45, 2.75) is 19.2 Å². The molecule has 1 aliphatic carbocycles. The Kier molecular flexibility index (Phi) is 2.32. The molecule has 0 bridgehead atoms. The van der Waals surface area contributed by atoms with Crippen LogP contribution in [0.5, 0.6) is 0 Å². The fourth-order valence-corrected chi connectivity index (χ4v) is 6.36. The predicted octanol–water partition coefficient (Wildman–Crippen LogP) is 13.2. The van der Waals surface area contributed by atoms with Crippen LogP contribution in [0, 0.1) is 0 Å². The van der Waals surface area contributed by atoms with Gasteiger partial charge >= 0.3 is 0 Å². The fourth-order valence-electron chi connectivity index (χ4n) is 6.36. The maximum Gasteiger partial charge on any atom is 0.136 e. The van der Waals surface area contributed by atoms with Crippen LogP contribution in [-0.2, 0) is 5.41 Å². The van der Waals surface area contributed by atoms with E-state index in [4.69, 9.17) is 30.5 Å². The molecule has 9 aromatic rings. The van der Waals surface area contributed by atoms with Crippen molar-refractivity contribution in [1.29, 1.82) is 0 Å². The average molecular weight is 642 g/mol. The van der Waals surface area contributed by atoms with Crippen molar-refractivity contribution < 1.29 is 44.2 Å². The van der Waals surface area contributed by atoms with Gasteiger partial charge in [0.2, 0.25) is 0 Å². The van der Waals surface area contributed by atoms with Gasteiger partial charge in [-0.1, -0.05) is 147 Å². The van der Waals surface area contributed by atoms with E-state index in [0.29, 0.717) is 0 Å². The lowest BCUT2D eigenvalue weighted by Crippen LogP contribution is -2.15. The van der Waals surface area contributed by atoms with E-state index in [1.807, 2.05) is 0 Å². The van der Waals surface area contributed by atoms with Gasteiger partial charge in [0.05, 0.1) is 35.6 Å². The molecule has 226 valence electrons. The number of fused-ring (bicyclic) bond motifs is 8. The van der Waals surface area contributed by atoms with E-state index >= 15 is 0 Å². The van der Waals surface area contributed by atoms with Gasteiger partial charge < -0.3 is 4.42 Å². The second kappa shape index (κ2) is 10.0. The van der Waals surface area contributed by atoms with Crippen LogP contribution >= 0.6 is 0 Å². The van der Waals surface area contributed by atoms with Crippen molar-refractivity contribution in [2.75, 3.05) is 0 Å². The molecule has 10 rings (SSSR count). The van der Waals surface area contributed by atoms with Crippen molar-refractivity contribution in [3.05, 3.63) is 168 Å². The zero-order chi connectivity index (χ0) is 57.1. The first kappa shape index (κ1) is 11.1. The predicted molar refractivity (Wildman–Crippen MR) is 203 cm³/mol. The Labute approximate surface area is 320 Å². The summed E-state index contributed by atoms with van der Waals surface area (Å²) in [7, 11) is 0. The molecule has 1 unspecified atom stereocenters. The number of furan rings is 1. The Bertz CT molecular complexity index is 4230. The smallest absolute Gasteiger partial charge is 0.136 e. The number of para-hydroxylation sites is 1. The van der Waals surface area contributed by atoms with Crippen LogP contribution in [0.3, 0.4) is 0 Å². The molecule has 0 amide bonds. The van der Waals surface area contributed by atoms with Gasteiger partial charge in [-0.25, -0.2) is 0 Å². The van der Waals surface area contributed by atoms with Crippen molar-refractivity contribution in [3.63, 3.8) is 0 Å². The summed E-state index contributed by atoms with van der Waals surface area (Å²) in [5.74, 6) is 0. The van der Waals surface area contributed by atoms with Gasteiger partial charge in [-0.3, -0.25) is 0 Å². The van der Waals surface area contributed by atoms with Crippen molar-refractivity contribution in [3.8, 4) is 44.5 Å². The van der Waals surface area contributed by atoms with Crippen LogP contribution in [0.2, 0.25) is 0 Å². The number of benzene rings is 8. The molecule has 0 saturated heterocycles. The van der Waals surface area contributed by atoms with Gasteiger partial charge in [-0.05, 0) is 101 Å². The summed E-state index contributed by atoms with van der Waals surface area (Å²) in [6, 6.07) is -24.6. The minimum Gasteiger partial charge on any atom is -0.456 e. The number of rotatable bonds is 3. The molecule has 0 spiro atoms. The summed E-state index contributed by atoms with van der Waals surface area (Å²) in [6.45, 7) is -2.48. The Morgan fingerprint density at radius 2 is 1.00 bits per heavy atom. The topological polar surface area (TPSA) is 13.1 Å². The maximum atomic E-state index is 10.1. The largest absolute Gasteiger partial charge is 0.456 e. The maximum absolute atomic E-state index is 10.1. The fraction of sp³-hybridized carbons (Fsp3) is 0.0638. The average Bonchev–Trinajstić information content (AvgIpc) is 3.96. The third-order valence-electron chi connectivity index (χ3n) is 8.45. The Balaban J connectivity index is 1.48. The lowest BCUT2D eigenvalue weighted by molar-refractivity contribution is 0.661. The first-order chi connectivity index (χ1) is 35.7. The normalized spacial score (nSPS) is 24.1. The summed E-state index contributed by atoms with van der Waals surface area (Å²) in [4.78, 5) is 0. The molecule has 0 aliphatic heterocycles. The molecular formula is C47H32O. The molecular weight excluding hydrogens is 581 g/mol. The molecule has 1 heteroatoms. The van der Waals surface area contributed by atoms with E-state index in [1.165, 1.54) is 0 Å². The van der Waals surface area contributed by atoms with Crippen LogP contribution < -0.4 is 0 Å². The number of hydrogen-bond donors (Lipinski definition) is 0. The number of hydrogen-bond acceptors (Lipinski definition) is 1. The van der Waals surface area contributed by atoms with Gasteiger partial charge in [0.1, 0.15) is 11.2 Å². The van der Waals surface area contributed by atoms with Gasteiger partial charge in [-0.15, -0.1) is 0 Å². The van der Waals surface area contributed by atoms with E-state index < -0.39 is 268 Å². The molecule has 1 heterocycles. The van der Waals surface area contributed by atoms with E-state index in [1.54, 1.807) is 0 Å².